The SMILES string of the molecule is Cc1nc(COc2ccc(C(=O)NCC(=O)OCc3ccccc3)cc2)no1. The van der Waals surface area contributed by atoms with Gasteiger partial charge in [0.25, 0.3) is 5.91 Å². The van der Waals surface area contributed by atoms with Crippen molar-refractivity contribution in [3.8, 4) is 5.75 Å². The zero-order valence-corrected chi connectivity index (χ0v) is 15.3. The zero-order valence-electron chi connectivity index (χ0n) is 15.3. The Morgan fingerprint density at radius 2 is 1.79 bits per heavy atom. The summed E-state index contributed by atoms with van der Waals surface area (Å²) in [7, 11) is 0. The summed E-state index contributed by atoms with van der Waals surface area (Å²) >= 11 is 0. The third-order valence-electron chi connectivity index (χ3n) is 3.69. The molecule has 0 saturated carbocycles. The smallest absolute Gasteiger partial charge is 0.325 e. The lowest BCUT2D eigenvalue weighted by Gasteiger charge is -2.08. The van der Waals surface area contributed by atoms with Crippen LogP contribution >= 0.6 is 0 Å². The average Bonchev–Trinajstić information content (AvgIpc) is 3.15. The predicted octanol–water partition coefficient (Wildman–Crippen LogP) is 2.43. The molecular weight excluding hydrogens is 362 g/mol. The van der Waals surface area contributed by atoms with Gasteiger partial charge in [-0.25, -0.2) is 0 Å². The van der Waals surface area contributed by atoms with Crippen molar-refractivity contribution in [3.63, 3.8) is 0 Å². The fraction of sp³-hybridized carbons (Fsp3) is 0.200. The molecule has 1 amide bonds. The van der Waals surface area contributed by atoms with E-state index >= 15 is 0 Å². The minimum absolute atomic E-state index is 0.163. The van der Waals surface area contributed by atoms with E-state index in [1.807, 2.05) is 30.3 Å². The monoisotopic (exact) mass is 381 g/mol. The Hall–Kier alpha value is -3.68. The Morgan fingerprint density at radius 1 is 1.04 bits per heavy atom. The summed E-state index contributed by atoms with van der Waals surface area (Å²) in [6.07, 6.45) is 0. The molecule has 1 aromatic heterocycles. The van der Waals surface area contributed by atoms with Crippen LogP contribution in [0.3, 0.4) is 0 Å². The number of amides is 1. The normalized spacial score (nSPS) is 10.3. The highest BCUT2D eigenvalue weighted by Crippen LogP contribution is 2.13. The van der Waals surface area contributed by atoms with Crippen molar-refractivity contribution >= 4 is 11.9 Å². The van der Waals surface area contributed by atoms with Crippen molar-refractivity contribution < 1.29 is 23.6 Å². The van der Waals surface area contributed by atoms with Crippen LogP contribution in [0.2, 0.25) is 0 Å². The number of esters is 1. The Labute approximate surface area is 161 Å². The fourth-order valence-corrected chi connectivity index (χ4v) is 2.29. The lowest BCUT2D eigenvalue weighted by Crippen LogP contribution is -2.30. The van der Waals surface area contributed by atoms with Crippen LogP contribution in [0.25, 0.3) is 0 Å². The van der Waals surface area contributed by atoms with Gasteiger partial charge in [-0.3, -0.25) is 9.59 Å². The molecule has 3 rings (SSSR count). The molecule has 144 valence electrons. The molecule has 1 heterocycles. The second-order valence-electron chi connectivity index (χ2n) is 5.87. The van der Waals surface area contributed by atoms with Gasteiger partial charge in [-0.1, -0.05) is 35.5 Å². The van der Waals surface area contributed by atoms with E-state index in [9.17, 15) is 9.59 Å². The van der Waals surface area contributed by atoms with E-state index in [2.05, 4.69) is 15.5 Å². The van der Waals surface area contributed by atoms with Crippen LogP contribution in [-0.4, -0.2) is 28.6 Å². The van der Waals surface area contributed by atoms with E-state index in [1.54, 1.807) is 31.2 Å². The molecule has 0 bridgehead atoms. The van der Waals surface area contributed by atoms with Crippen molar-refractivity contribution in [1.82, 2.24) is 15.5 Å². The first kappa shape index (κ1) is 19.1. The van der Waals surface area contributed by atoms with Crippen LogP contribution in [0.15, 0.2) is 59.1 Å². The highest BCUT2D eigenvalue weighted by Gasteiger charge is 2.10. The fourth-order valence-electron chi connectivity index (χ4n) is 2.29. The maximum atomic E-state index is 12.1. The summed E-state index contributed by atoms with van der Waals surface area (Å²) < 4.78 is 15.5. The quantitative estimate of drug-likeness (QED) is 0.598. The molecule has 0 atom stereocenters. The summed E-state index contributed by atoms with van der Waals surface area (Å²) in [5.41, 5.74) is 1.28. The maximum Gasteiger partial charge on any atom is 0.325 e. The summed E-state index contributed by atoms with van der Waals surface area (Å²) in [5.74, 6) is 0.576. The van der Waals surface area contributed by atoms with Crippen LogP contribution in [-0.2, 0) is 22.7 Å². The Bertz CT molecular complexity index is 923. The molecule has 0 spiro atoms. The molecule has 0 unspecified atom stereocenters. The molecular formula is C20H19N3O5. The minimum atomic E-state index is -0.507. The molecule has 0 saturated heterocycles. The van der Waals surface area contributed by atoms with E-state index in [0.717, 1.165) is 5.56 Å². The number of aryl methyl sites for hydroxylation is 1. The van der Waals surface area contributed by atoms with Gasteiger partial charge in [0, 0.05) is 12.5 Å². The lowest BCUT2D eigenvalue weighted by atomic mass is 10.2. The van der Waals surface area contributed by atoms with Gasteiger partial charge in [0.15, 0.2) is 6.61 Å². The standard InChI is InChI=1S/C20H19N3O5/c1-14-22-18(23-28-14)13-26-17-9-7-16(8-10-17)20(25)21-11-19(24)27-12-15-5-3-2-4-6-15/h2-10H,11-13H2,1H3,(H,21,25). The molecule has 28 heavy (non-hydrogen) atoms. The number of carbonyl (C=O) groups is 2. The third-order valence-corrected chi connectivity index (χ3v) is 3.69. The first-order chi connectivity index (χ1) is 13.6. The van der Waals surface area contributed by atoms with Crippen molar-refractivity contribution in [3.05, 3.63) is 77.4 Å². The molecule has 1 N–H and O–H groups in total. The van der Waals surface area contributed by atoms with Crippen molar-refractivity contribution in [2.24, 2.45) is 0 Å². The van der Waals surface area contributed by atoms with Crippen LogP contribution in [0, 0.1) is 6.92 Å². The van der Waals surface area contributed by atoms with Gasteiger partial charge in [0.1, 0.15) is 18.9 Å². The molecule has 0 fully saturated rings. The minimum Gasteiger partial charge on any atom is -0.485 e. The Kier molecular flexibility index (Phi) is 6.35. The van der Waals surface area contributed by atoms with E-state index in [-0.39, 0.29) is 25.7 Å². The number of nitrogens with one attached hydrogen (secondary N) is 1. The van der Waals surface area contributed by atoms with E-state index < -0.39 is 5.97 Å². The first-order valence-corrected chi connectivity index (χ1v) is 8.60. The largest absolute Gasteiger partial charge is 0.485 e. The number of hydrogen-bond donors (Lipinski definition) is 1. The molecule has 8 nitrogen and oxygen atoms in total. The molecule has 0 aliphatic rings. The molecule has 0 radical (unpaired) electrons. The van der Waals surface area contributed by atoms with Gasteiger partial charge >= 0.3 is 5.97 Å². The topological polar surface area (TPSA) is 104 Å². The highest BCUT2D eigenvalue weighted by molar-refractivity contribution is 5.96. The number of carbonyl (C=O) groups excluding carboxylic acids is 2. The van der Waals surface area contributed by atoms with Gasteiger partial charge in [0.05, 0.1) is 0 Å². The highest BCUT2D eigenvalue weighted by atomic mass is 16.5. The second-order valence-corrected chi connectivity index (χ2v) is 5.87. The number of rotatable bonds is 8. The Balaban J connectivity index is 1.41. The maximum absolute atomic E-state index is 12.1. The summed E-state index contributed by atoms with van der Waals surface area (Å²) in [4.78, 5) is 27.9. The number of ether oxygens (including phenoxy) is 2. The van der Waals surface area contributed by atoms with Crippen LogP contribution in [0.4, 0.5) is 0 Å². The molecule has 0 aliphatic heterocycles. The number of aromatic nitrogens is 2. The zero-order chi connectivity index (χ0) is 19.8. The summed E-state index contributed by atoms with van der Waals surface area (Å²) in [5, 5.41) is 6.26. The van der Waals surface area contributed by atoms with Gasteiger partial charge < -0.3 is 19.3 Å². The summed E-state index contributed by atoms with van der Waals surface area (Å²) in [6, 6.07) is 15.8. The average molecular weight is 381 g/mol. The number of benzene rings is 2. The lowest BCUT2D eigenvalue weighted by molar-refractivity contribution is -0.143. The van der Waals surface area contributed by atoms with Crippen LogP contribution < -0.4 is 10.1 Å². The third kappa shape index (κ3) is 5.66. The van der Waals surface area contributed by atoms with Gasteiger partial charge in [-0.05, 0) is 29.8 Å². The molecule has 2 aromatic carbocycles. The Morgan fingerprint density at radius 3 is 2.46 bits per heavy atom. The summed E-state index contributed by atoms with van der Waals surface area (Å²) in [6.45, 7) is 1.82. The van der Waals surface area contributed by atoms with Crippen molar-refractivity contribution in [2.75, 3.05) is 6.54 Å². The number of hydrogen-bond acceptors (Lipinski definition) is 7. The first-order valence-electron chi connectivity index (χ1n) is 8.60. The van der Waals surface area contributed by atoms with Gasteiger partial charge in [0.2, 0.25) is 11.7 Å². The van der Waals surface area contributed by atoms with Crippen LogP contribution in [0.5, 0.6) is 5.75 Å². The predicted molar refractivity (Wildman–Crippen MR) is 98.4 cm³/mol. The van der Waals surface area contributed by atoms with Crippen molar-refractivity contribution in [2.45, 2.75) is 20.1 Å². The van der Waals surface area contributed by atoms with Crippen LogP contribution in [0.1, 0.15) is 27.6 Å². The van der Waals surface area contributed by atoms with Gasteiger partial charge in [-0.2, -0.15) is 4.98 Å². The number of nitrogens with zero attached hydrogens (tertiary/aromatic N) is 2. The van der Waals surface area contributed by atoms with E-state index in [4.69, 9.17) is 14.0 Å². The van der Waals surface area contributed by atoms with E-state index in [1.165, 1.54) is 0 Å². The molecule has 0 aliphatic carbocycles. The molecule has 8 heteroatoms. The van der Waals surface area contributed by atoms with Gasteiger partial charge in [-0.15, -0.1) is 0 Å². The molecule has 3 aromatic rings. The van der Waals surface area contributed by atoms with E-state index in [0.29, 0.717) is 23.0 Å². The second kappa shape index (κ2) is 9.31. The van der Waals surface area contributed by atoms with Crippen molar-refractivity contribution in [1.29, 1.82) is 0 Å².